The van der Waals surface area contributed by atoms with Gasteiger partial charge < -0.3 is 0 Å². The van der Waals surface area contributed by atoms with E-state index in [2.05, 4.69) is 0 Å². The summed E-state index contributed by atoms with van der Waals surface area (Å²) in [5.41, 5.74) is 1.66. The van der Waals surface area contributed by atoms with Crippen LogP contribution in [0.25, 0.3) is 0 Å². The lowest BCUT2D eigenvalue weighted by Crippen LogP contribution is -2.39. The van der Waals surface area contributed by atoms with Crippen molar-refractivity contribution in [1.82, 2.24) is 8.61 Å². The molecule has 1 unspecified atom stereocenters. The van der Waals surface area contributed by atoms with Gasteiger partial charge in [-0.15, -0.1) is 0 Å². The van der Waals surface area contributed by atoms with Gasteiger partial charge in [-0.1, -0.05) is 29.8 Å². The third-order valence-electron chi connectivity index (χ3n) is 2.67. The van der Waals surface area contributed by atoms with Gasteiger partial charge >= 0.3 is 0 Å². The van der Waals surface area contributed by atoms with E-state index in [9.17, 15) is 13.7 Å². The molecule has 0 aliphatic carbocycles. The van der Waals surface area contributed by atoms with Crippen molar-refractivity contribution < 1.29 is 8.42 Å². The topological polar surface area (TPSA) is 64.4 Å². The normalized spacial score (nSPS) is 13.6. The second-order valence-electron chi connectivity index (χ2n) is 4.25. The molecule has 0 N–H and O–H groups in total. The lowest BCUT2D eigenvalue weighted by atomic mass is 10.1. The molecule has 1 aromatic rings. The second-order valence-corrected chi connectivity index (χ2v) is 6.45. The van der Waals surface area contributed by atoms with E-state index in [0.717, 1.165) is 14.2 Å². The number of hydrogen-bond acceptors (Lipinski definition) is 3. The van der Waals surface area contributed by atoms with Crippen LogP contribution in [0.4, 0.5) is 0 Å². The average Bonchev–Trinajstić information content (AvgIpc) is 2.29. The summed E-state index contributed by atoms with van der Waals surface area (Å²) >= 11 is 0. The van der Waals surface area contributed by atoms with Crippen LogP contribution in [-0.2, 0) is 10.2 Å². The van der Waals surface area contributed by atoms with Gasteiger partial charge in [0.15, 0.2) is 0 Å². The first-order valence-corrected chi connectivity index (χ1v) is 6.82. The van der Waals surface area contributed by atoms with Crippen molar-refractivity contribution >= 4 is 10.2 Å². The molecule has 0 aromatic heterocycles. The minimum absolute atomic E-state index is 0.672. The van der Waals surface area contributed by atoms with Crippen molar-refractivity contribution in [3.8, 4) is 6.07 Å². The molecule has 0 aliphatic heterocycles. The molecule has 0 amide bonds. The maximum Gasteiger partial charge on any atom is 0.282 e. The van der Waals surface area contributed by atoms with Gasteiger partial charge in [0.2, 0.25) is 0 Å². The van der Waals surface area contributed by atoms with Gasteiger partial charge in [-0.05, 0) is 12.5 Å². The predicted octanol–water partition coefficient (Wildman–Crippen LogP) is 1.30. The Kier molecular flexibility index (Phi) is 4.46. The van der Waals surface area contributed by atoms with Crippen LogP contribution in [0.1, 0.15) is 17.2 Å². The molecule has 0 aliphatic rings. The predicted molar refractivity (Wildman–Crippen MR) is 69.9 cm³/mol. The van der Waals surface area contributed by atoms with E-state index >= 15 is 0 Å². The van der Waals surface area contributed by atoms with E-state index in [0.29, 0.717) is 5.56 Å². The Morgan fingerprint density at radius 3 is 2.33 bits per heavy atom. The maximum atomic E-state index is 12.0. The fraction of sp³-hybridized carbons (Fsp3) is 0.417. The standard InChI is InChI=1S/C12H17N3O2S/c1-10-6-5-7-11(8-10)12(9-13)15(4)18(16,17)14(2)3/h5-8,12H,1-4H3. The van der Waals surface area contributed by atoms with Crippen LogP contribution in [0.15, 0.2) is 24.3 Å². The summed E-state index contributed by atoms with van der Waals surface area (Å²) in [5, 5.41) is 9.21. The van der Waals surface area contributed by atoms with Gasteiger partial charge in [0.25, 0.3) is 10.2 Å². The molecule has 18 heavy (non-hydrogen) atoms. The zero-order valence-corrected chi connectivity index (χ0v) is 11.8. The van der Waals surface area contributed by atoms with Crippen molar-refractivity contribution in [2.24, 2.45) is 0 Å². The van der Waals surface area contributed by atoms with Gasteiger partial charge in [-0.3, -0.25) is 0 Å². The Labute approximate surface area is 108 Å². The molecular formula is C12H17N3O2S. The van der Waals surface area contributed by atoms with Crippen molar-refractivity contribution in [2.75, 3.05) is 21.1 Å². The third kappa shape index (κ3) is 2.88. The fourth-order valence-corrected chi connectivity index (χ4v) is 2.55. The SMILES string of the molecule is Cc1cccc(C(C#N)N(C)S(=O)(=O)N(C)C)c1. The lowest BCUT2D eigenvalue weighted by molar-refractivity contribution is 0.390. The average molecular weight is 267 g/mol. The van der Waals surface area contributed by atoms with Crippen molar-refractivity contribution in [2.45, 2.75) is 13.0 Å². The first kappa shape index (κ1) is 14.6. The zero-order valence-electron chi connectivity index (χ0n) is 11.0. The number of aryl methyl sites for hydroxylation is 1. The van der Waals surface area contributed by atoms with Crippen molar-refractivity contribution in [3.63, 3.8) is 0 Å². The highest BCUT2D eigenvalue weighted by Crippen LogP contribution is 2.22. The number of nitrogens with zero attached hydrogens (tertiary/aromatic N) is 3. The van der Waals surface area contributed by atoms with Gasteiger partial charge in [-0.2, -0.15) is 22.3 Å². The van der Waals surface area contributed by atoms with E-state index in [1.165, 1.54) is 21.1 Å². The summed E-state index contributed by atoms with van der Waals surface area (Å²) in [6.45, 7) is 1.90. The highest BCUT2D eigenvalue weighted by atomic mass is 32.2. The van der Waals surface area contributed by atoms with Crippen LogP contribution in [0.5, 0.6) is 0 Å². The molecule has 1 atom stereocenters. The molecular weight excluding hydrogens is 250 g/mol. The molecule has 0 bridgehead atoms. The van der Waals surface area contributed by atoms with E-state index in [4.69, 9.17) is 0 Å². The first-order valence-electron chi connectivity index (χ1n) is 5.42. The van der Waals surface area contributed by atoms with Gasteiger partial charge in [-0.25, -0.2) is 0 Å². The molecule has 1 rings (SSSR count). The summed E-state index contributed by atoms with van der Waals surface area (Å²) in [6.07, 6.45) is 0. The highest BCUT2D eigenvalue weighted by Gasteiger charge is 2.29. The highest BCUT2D eigenvalue weighted by molar-refractivity contribution is 7.86. The summed E-state index contributed by atoms with van der Waals surface area (Å²) in [7, 11) is 0.685. The molecule has 0 radical (unpaired) electrons. The van der Waals surface area contributed by atoms with Crippen LogP contribution in [-0.4, -0.2) is 38.2 Å². The Morgan fingerprint density at radius 1 is 1.28 bits per heavy atom. The minimum Gasteiger partial charge on any atom is -0.196 e. The summed E-state index contributed by atoms with van der Waals surface area (Å²) < 4.78 is 26.1. The molecule has 0 saturated carbocycles. The van der Waals surface area contributed by atoms with Crippen molar-refractivity contribution in [3.05, 3.63) is 35.4 Å². The molecule has 0 spiro atoms. The Bertz CT molecular complexity index is 561. The van der Waals surface area contributed by atoms with E-state index in [-0.39, 0.29) is 0 Å². The van der Waals surface area contributed by atoms with Crippen LogP contribution in [0, 0.1) is 18.3 Å². The van der Waals surface area contributed by atoms with E-state index < -0.39 is 16.3 Å². The van der Waals surface area contributed by atoms with Crippen molar-refractivity contribution in [1.29, 1.82) is 5.26 Å². The summed E-state index contributed by atoms with van der Waals surface area (Å²) in [5.74, 6) is 0. The smallest absolute Gasteiger partial charge is 0.196 e. The van der Waals surface area contributed by atoms with Crippen LogP contribution < -0.4 is 0 Å². The number of hydrogen-bond donors (Lipinski definition) is 0. The number of benzene rings is 1. The van der Waals surface area contributed by atoms with Gasteiger partial charge in [0.05, 0.1) is 6.07 Å². The monoisotopic (exact) mass is 267 g/mol. The summed E-state index contributed by atoms with van der Waals surface area (Å²) in [6, 6.07) is 8.48. The second kappa shape index (κ2) is 5.48. The number of rotatable bonds is 4. The fourth-order valence-electron chi connectivity index (χ4n) is 1.60. The minimum atomic E-state index is -3.61. The Morgan fingerprint density at radius 2 is 1.89 bits per heavy atom. The lowest BCUT2D eigenvalue weighted by Gasteiger charge is -2.25. The van der Waals surface area contributed by atoms with Crippen LogP contribution in [0.2, 0.25) is 0 Å². The Hall–Kier alpha value is -1.42. The summed E-state index contributed by atoms with van der Waals surface area (Å²) in [4.78, 5) is 0. The first-order chi connectivity index (χ1) is 8.30. The molecule has 98 valence electrons. The largest absolute Gasteiger partial charge is 0.282 e. The quantitative estimate of drug-likeness (QED) is 0.826. The maximum absolute atomic E-state index is 12.0. The Balaban J connectivity index is 3.17. The van der Waals surface area contributed by atoms with Gasteiger partial charge in [0, 0.05) is 21.1 Å². The zero-order chi connectivity index (χ0) is 13.9. The number of nitriles is 1. The van der Waals surface area contributed by atoms with E-state index in [1.807, 2.05) is 31.2 Å². The molecule has 5 nitrogen and oxygen atoms in total. The molecule has 0 saturated heterocycles. The van der Waals surface area contributed by atoms with Crippen LogP contribution in [0.3, 0.4) is 0 Å². The van der Waals surface area contributed by atoms with Gasteiger partial charge in [0.1, 0.15) is 6.04 Å². The van der Waals surface area contributed by atoms with Crippen LogP contribution >= 0.6 is 0 Å². The molecule has 0 fully saturated rings. The molecule has 6 heteroatoms. The third-order valence-corrected chi connectivity index (χ3v) is 4.53. The molecule has 0 heterocycles. The van der Waals surface area contributed by atoms with E-state index in [1.54, 1.807) is 6.07 Å². The molecule has 1 aromatic carbocycles.